The second-order valence-corrected chi connectivity index (χ2v) is 8.82. The van der Waals surface area contributed by atoms with Gasteiger partial charge in [-0.25, -0.2) is 4.79 Å². The molecule has 0 aliphatic rings. The van der Waals surface area contributed by atoms with Crippen molar-refractivity contribution in [2.75, 3.05) is 14.2 Å². The van der Waals surface area contributed by atoms with E-state index < -0.39 is 5.69 Å². The van der Waals surface area contributed by atoms with Gasteiger partial charge in [-0.2, -0.15) is 4.98 Å². The molecule has 5 rings (SSSR count). The van der Waals surface area contributed by atoms with E-state index in [1.165, 1.54) is 17.2 Å². The Morgan fingerprint density at radius 1 is 0.889 bits per heavy atom. The van der Waals surface area contributed by atoms with Crippen molar-refractivity contribution in [1.82, 2.24) is 23.1 Å². The van der Waals surface area contributed by atoms with Crippen LogP contribution in [0.15, 0.2) is 58.3 Å². The van der Waals surface area contributed by atoms with Crippen molar-refractivity contribution in [3.63, 3.8) is 0 Å². The zero-order valence-corrected chi connectivity index (χ0v) is 21.1. The van der Waals surface area contributed by atoms with Gasteiger partial charge in [0.15, 0.2) is 22.7 Å². The van der Waals surface area contributed by atoms with Crippen LogP contribution < -0.4 is 20.7 Å². The zero-order valence-electron chi connectivity index (χ0n) is 21.1. The van der Waals surface area contributed by atoms with Gasteiger partial charge in [0, 0.05) is 26.8 Å². The summed E-state index contributed by atoms with van der Waals surface area (Å²) in [5.74, 6) is 1.96. The normalized spacial score (nSPS) is 11.5. The van der Waals surface area contributed by atoms with Crippen molar-refractivity contribution in [2.45, 2.75) is 26.3 Å². The van der Waals surface area contributed by atoms with Gasteiger partial charge in [-0.15, -0.1) is 0 Å². The van der Waals surface area contributed by atoms with Crippen LogP contribution in [-0.4, -0.2) is 37.3 Å². The van der Waals surface area contributed by atoms with Crippen LogP contribution in [0.5, 0.6) is 11.5 Å². The van der Waals surface area contributed by atoms with Gasteiger partial charge >= 0.3 is 5.69 Å². The SMILES string of the molecule is CCc1ccc(-c2cn3c4c(=O)n(C)c(=O)n(C)c4nc3n2CCc2ccc(OC)c(OC)c2)cc1. The molecule has 0 N–H and O–H groups in total. The van der Waals surface area contributed by atoms with Crippen molar-refractivity contribution < 1.29 is 9.47 Å². The Labute approximate surface area is 207 Å². The number of rotatable bonds is 7. The van der Waals surface area contributed by atoms with E-state index in [0.29, 0.717) is 41.4 Å². The van der Waals surface area contributed by atoms with Gasteiger partial charge in [0.2, 0.25) is 5.78 Å². The van der Waals surface area contributed by atoms with Crippen LogP contribution in [-0.2, 0) is 33.5 Å². The summed E-state index contributed by atoms with van der Waals surface area (Å²) < 4.78 is 17.3. The monoisotopic (exact) mass is 487 g/mol. The lowest BCUT2D eigenvalue weighted by molar-refractivity contribution is 0.354. The maximum Gasteiger partial charge on any atom is 0.332 e. The lowest BCUT2D eigenvalue weighted by atomic mass is 10.1. The highest BCUT2D eigenvalue weighted by molar-refractivity contribution is 5.78. The van der Waals surface area contributed by atoms with Crippen molar-refractivity contribution >= 4 is 16.9 Å². The van der Waals surface area contributed by atoms with Crippen LogP contribution in [0.3, 0.4) is 0 Å². The molecule has 2 aromatic carbocycles. The number of hydrogen-bond donors (Lipinski definition) is 0. The number of benzene rings is 2. The van der Waals surface area contributed by atoms with Gasteiger partial charge in [0.1, 0.15) is 0 Å². The standard InChI is InChI=1S/C27H29N5O4/c1-6-17-7-10-19(11-8-17)20-16-32-23-24(29(2)27(34)30(3)25(23)33)28-26(32)31(20)14-13-18-9-12-21(35-4)22(15-18)36-5/h7-12,15-16H,6,13-14H2,1-5H3. The minimum absolute atomic E-state index is 0.367. The smallest absolute Gasteiger partial charge is 0.332 e. The predicted octanol–water partition coefficient (Wildman–Crippen LogP) is 3.18. The molecule has 3 aromatic heterocycles. The molecule has 0 bridgehead atoms. The highest BCUT2D eigenvalue weighted by Crippen LogP contribution is 2.29. The van der Waals surface area contributed by atoms with E-state index in [0.717, 1.165) is 27.8 Å². The molecule has 5 aromatic rings. The van der Waals surface area contributed by atoms with Gasteiger partial charge in [0.25, 0.3) is 5.56 Å². The molecule has 0 saturated carbocycles. The number of fused-ring (bicyclic) bond motifs is 3. The van der Waals surface area contributed by atoms with Crippen molar-refractivity contribution in [1.29, 1.82) is 0 Å². The van der Waals surface area contributed by atoms with Gasteiger partial charge in [0.05, 0.1) is 19.9 Å². The van der Waals surface area contributed by atoms with Gasteiger partial charge in [-0.3, -0.25) is 18.3 Å². The number of aromatic nitrogens is 5. The van der Waals surface area contributed by atoms with E-state index in [1.54, 1.807) is 25.7 Å². The average Bonchev–Trinajstić information content (AvgIpc) is 3.45. The predicted molar refractivity (Wildman–Crippen MR) is 139 cm³/mol. The Hall–Kier alpha value is -4.27. The molecule has 186 valence electrons. The van der Waals surface area contributed by atoms with Crippen LogP contribution >= 0.6 is 0 Å². The molecule has 0 spiro atoms. The molecular weight excluding hydrogens is 458 g/mol. The fraction of sp³-hybridized carbons (Fsp3) is 0.296. The molecule has 0 unspecified atom stereocenters. The summed E-state index contributed by atoms with van der Waals surface area (Å²) in [6.45, 7) is 2.73. The fourth-order valence-corrected chi connectivity index (χ4v) is 4.65. The molecule has 9 heteroatoms. The number of methoxy groups -OCH3 is 2. The third-order valence-electron chi connectivity index (χ3n) is 6.79. The topological polar surface area (TPSA) is 84.7 Å². The van der Waals surface area contributed by atoms with E-state index in [4.69, 9.17) is 14.5 Å². The minimum atomic E-state index is -0.402. The van der Waals surface area contributed by atoms with E-state index in [2.05, 4.69) is 35.8 Å². The molecule has 9 nitrogen and oxygen atoms in total. The number of hydrogen-bond acceptors (Lipinski definition) is 5. The first-order valence-corrected chi connectivity index (χ1v) is 11.9. The molecule has 3 heterocycles. The first-order valence-electron chi connectivity index (χ1n) is 11.9. The summed E-state index contributed by atoms with van der Waals surface area (Å²) in [7, 11) is 6.36. The Bertz CT molecular complexity index is 1700. The van der Waals surface area contributed by atoms with Crippen molar-refractivity contribution in [2.24, 2.45) is 14.1 Å². The van der Waals surface area contributed by atoms with E-state index in [1.807, 2.05) is 24.4 Å². The number of aryl methyl sites for hydroxylation is 4. The number of nitrogens with zero attached hydrogens (tertiary/aromatic N) is 5. The second kappa shape index (κ2) is 9.07. The molecule has 0 aliphatic heterocycles. The van der Waals surface area contributed by atoms with Gasteiger partial charge in [-0.1, -0.05) is 37.3 Å². The summed E-state index contributed by atoms with van der Waals surface area (Å²) in [5, 5.41) is 0. The Kier molecular flexibility index (Phi) is 5.91. The quantitative estimate of drug-likeness (QED) is 0.352. The molecule has 0 fully saturated rings. The molecule has 0 radical (unpaired) electrons. The Morgan fingerprint density at radius 2 is 1.58 bits per heavy atom. The highest BCUT2D eigenvalue weighted by atomic mass is 16.5. The maximum absolute atomic E-state index is 13.1. The first-order chi connectivity index (χ1) is 17.4. The van der Waals surface area contributed by atoms with E-state index in [-0.39, 0.29) is 5.56 Å². The molecule has 0 atom stereocenters. The number of ether oxygens (including phenoxy) is 2. The summed E-state index contributed by atoms with van der Waals surface area (Å²) in [6, 6.07) is 14.3. The maximum atomic E-state index is 13.1. The van der Waals surface area contributed by atoms with Crippen LogP contribution in [0.2, 0.25) is 0 Å². The lowest BCUT2D eigenvalue weighted by Crippen LogP contribution is -2.37. The van der Waals surface area contributed by atoms with Crippen LogP contribution in [0, 0.1) is 0 Å². The third-order valence-corrected chi connectivity index (χ3v) is 6.79. The molecule has 36 heavy (non-hydrogen) atoms. The minimum Gasteiger partial charge on any atom is -0.493 e. The van der Waals surface area contributed by atoms with Crippen LogP contribution in [0.25, 0.3) is 28.2 Å². The highest BCUT2D eigenvalue weighted by Gasteiger charge is 2.21. The van der Waals surface area contributed by atoms with E-state index in [9.17, 15) is 9.59 Å². The molecule has 0 aliphatic carbocycles. The van der Waals surface area contributed by atoms with Crippen LogP contribution in [0.4, 0.5) is 0 Å². The zero-order chi connectivity index (χ0) is 25.6. The Morgan fingerprint density at radius 3 is 2.25 bits per heavy atom. The lowest BCUT2D eigenvalue weighted by Gasteiger charge is -2.12. The first kappa shape index (κ1) is 23.5. The molecule has 0 amide bonds. The van der Waals surface area contributed by atoms with Gasteiger partial charge < -0.3 is 14.0 Å². The second-order valence-electron chi connectivity index (χ2n) is 8.82. The number of imidazole rings is 2. The summed E-state index contributed by atoms with van der Waals surface area (Å²) in [4.78, 5) is 30.3. The largest absolute Gasteiger partial charge is 0.493 e. The Balaban J connectivity index is 1.68. The van der Waals surface area contributed by atoms with Crippen LogP contribution in [0.1, 0.15) is 18.1 Å². The summed E-state index contributed by atoms with van der Waals surface area (Å²) in [5.41, 5.74) is 4.27. The van der Waals surface area contributed by atoms with Crippen molar-refractivity contribution in [3.8, 4) is 22.8 Å². The van der Waals surface area contributed by atoms with Gasteiger partial charge in [-0.05, 0) is 41.7 Å². The van der Waals surface area contributed by atoms with Crippen molar-refractivity contribution in [3.05, 3.63) is 80.6 Å². The van der Waals surface area contributed by atoms with E-state index >= 15 is 0 Å². The third kappa shape index (κ3) is 3.67. The summed E-state index contributed by atoms with van der Waals surface area (Å²) >= 11 is 0. The fourth-order valence-electron chi connectivity index (χ4n) is 4.65. The molecular formula is C27H29N5O4. The molecule has 0 saturated heterocycles. The summed E-state index contributed by atoms with van der Waals surface area (Å²) in [6.07, 6.45) is 3.59. The average molecular weight is 488 g/mol.